The summed E-state index contributed by atoms with van der Waals surface area (Å²) in [6.45, 7) is 0. The maximum absolute atomic E-state index is 9.75. The third-order valence-electron chi connectivity index (χ3n) is 3.15. The summed E-state index contributed by atoms with van der Waals surface area (Å²) in [5.41, 5.74) is 2.76. The van der Waals surface area contributed by atoms with Gasteiger partial charge in [-0.1, -0.05) is 36.0 Å². The normalized spacial score (nSPS) is 15.3. The Bertz CT molecular complexity index is 589. The summed E-state index contributed by atoms with van der Waals surface area (Å²) < 4.78 is 39.8. The van der Waals surface area contributed by atoms with Gasteiger partial charge in [-0.3, -0.25) is 4.48 Å². The van der Waals surface area contributed by atoms with E-state index in [1.165, 1.54) is 21.2 Å². The summed E-state index contributed by atoms with van der Waals surface area (Å²) in [4.78, 5) is 2.73. The maximum atomic E-state index is 9.75. The molecule has 0 saturated carbocycles. The number of nitrogens with zero attached hydrogens (tertiary/aromatic N) is 1. The van der Waals surface area contributed by atoms with Crippen molar-refractivity contribution in [3.05, 3.63) is 48.5 Å². The van der Waals surface area contributed by atoms with Gasteiger partial charge < -0.3 is 17.3 Å². The van der Waals surface area contributed by atoms with E-state index in [1.807, 2.05) is 11.8 Å². The summed E-state index contributed by atoms with van der Waals surface area (Å²) in [6, 6.07) is 17.3. The lowest BCUT2D eigenvalue weighted by Crippen LogP contribution is -2.36. The Morgan fingerprint density at radius 1 is 0.762 bits per heavy atom. The highest BCUT2D eigenvalue weighted by Gasteiger charge is 2.33. The van der Waals surface area contributed by atoms with Crippen molar-refractivity contribution in [2.45, 2.75) is 9.79 Å². The van der Waals surface area contributed by atoms with Crippen molar-refractivity contribution in [3.63, 3.8) is 0 Å². The number of quaternary nitrogens is 1. The number of hydrogen-bond donors (Lipinski definition) is 0. The molecule has 0 fully saturated rings. The van der Waals surface area contributed by atoms with Crippen LogP contribution in [0.5, 0.6) is 0 Å². The fourth-order valence-electron chi connectivity index (χ4n) is 2.26. The molecule has 0 radical (unpaired) electrons. The highest BCUT2D eigenvalue weighted by Crippen LogP contribution is 2.50. The molecule has 0 aliphatic carbocycles. The standard InChI is InChI=1S/C14H14NS.BF4/c1-15(2)11-7-3-5-9-13(11)16-14-10-6-4-8-12(14)15;2-1(3,4)5/h3-10H,1-2H3;/q+1;-1. The van der Waals surface area contributed by atoms with Crippen molar-refractivity contribution in [2.24, 2.45) is 0 Å². The average Bonchev–Trinajstić information content (AvgIpc) is 2.37. The smallest absolute Gasteiger partial charge is 0.418 e. The second-order valence-electron chi connectivity index (χ2n) is 4.99. The van der Waals surface area contributed by atoms with Crippen LogP contribution in [0.4, 0.5) is 28.6 Å². The van der Waals surface area contributed by atoms with E-state index in [2.05, 4.69) is 62.6 Å². The molecule has 21 heavy (non-hydrogen) atoms. The van der Waals surface area contributed by atoms with E-state index in [0.717, 1.165) is 4.48 Å². The van der Waals surface area contributed by atoms with Crippen molar-refractivity contribution in [3.8, 4) is 0 Å². The Labute approximate surface area is 125 Å². The van der Waals surface area contributed by atoms with Gasteiger partial charge in [0.15, 0.2) is 11.4 Å². The molecule has 1 heterocycles. The largest absolute Gasteiger partial charge is 0.673 e. The molecule has 1 aliphatic rings. The fourth-order valence-corrected chi connectivity index (χ4v) is 3.59. The topological polar surface area (TPSA) is 0 Å². The van der Waals surface area contributed by atoms with E-state index in [9.17, 15) is 17.3 Å². The first-order chi connectivity index (χ1) is 9.69. The van der Waals surface area contributed by atoms with Crippen LogP contribution >= 0.6 is 11.8 Å². The lowest BCUT2D eigenvalue weighted by Gasteiger charge is -2.35. The molecule has 0 aromatic heterocycles. The molecule has 1 nitrogen and oxygen atoms in total. The van der Waals surface area contributed by atoms with Gasteiger partial charge in [-0.2, -0.15) is 0 Å². The zero-order valence-corrected chi connectivity index (χ0v) is 12.4. The number of benzene rings is 2. The molecule has 0 unspecified atom stereocenters. The minimum atomic E-state index is -6.00. The molecule has 0 spiro atoms. The SMILES string of the molecule is C[N+]1(C)c2ccccc2Sc2ccccc21.F[B-](F)(F)F. The third kappa shape index (κ3) is 3.80. The van der Waals surface area contributed by atoms with Crippen molar-refractivity contribution in [1.29, 1.82) is 0 Å². The fraction of sp³-hybridized carbons (Fsp3) is 0.143. The second kappa shape index (κ2) is 5.73. The van der Waals surface area contributed by atoms with Gasteiger partial charge in [0.05, 0.1) is 23.9 Å². The van der Waals surface area contributed by atoms with Gasteiger partial charge in [0.1, 0.15) is 0 Å². The molecule has 0 amide bonds. The Balaban J connectivity index is 0.000000282. The average molecular weight is 315 g/mol. The molecule has 1 aliphatic heterocycles. The number of halogens is 4. The first kappa shape index (κ1) is 15.9. The molecular weight excluding hydrogens is 301 g/mol. The van der Waals surface area contributed by atoms with Gasteiger partial charge >= 0.3 is 7.25 Å². The van der Waals surface area contributed by atoms with Crippen LogP contribution in [-0.4, -0.2) is 21.3 Å². The quantitative estimate of drug-likeness (QED) is 0.359. The van der Waals surface area contributed by atoms with Crippen molar-refractivity contribution < 1.29 is 17.3 Å². The molecule has 112 valence electrons. The van der Waals surface area contributed by atoms with Crippen LogP contribution in [0.1, 0.15) is 0 Å². The van der Waals surface area contributed by atoms with Gasteiger partial charge in [-0.25, -0.2) is 0 Å². The lowest BCUT2D eigenvalue weighted by atomic mass is 10.2. The summed E-state index contributed by atoms with van der Waals surface area (Å²) >= 11 is 1.87. The maximum Gasteiger partial charge on any atom is 0.673 e. The van der Waals surface area contributed by atoms with Crippen molar-refractivity contribution >= 4 is 30.4 Å². The van der Waals surface area contributed by atoms with E-state index in [4.69, 9.17) is 0 Å². The number of para-hydroxylation sites is 2. The Kier molecular flexibility index (Phi) is 4.34. The summed E-state index contributed by atoms with van der Waals surface area (Å²) in [7, 11) is -1.51. The van der Waals surface area contributed by atoms with E-state index < -0.39 is 7.25 Å². The second-order valence-corrected chi connectivity index (χ2v) is 6.07. The van der Waals surface area contributed by atoms with Gasteiger partial charge in [-0.05, 0) is 12.1 Å². The van der Waals surface area contributed by atoms with Gasteiger partial charge in [0, 0.05) is 12.1 Å². The molecule has 3 rings (SSSR count). The van der Waals surface area contributed by atoms with Crippen LogP contribution in [0.3, 0.4) is 0 Å². The predicted molar refractivity (Wildman–Crippen MR) is 80.5 cm³/mol. The Hall–Kier alpha value is -1.47. The van der Waals surface area contributed by atoms with Crippen LogP contribution in [-0.2, 0) is 0 Å². The van der Waals surface area contributed by atoms with Gasteiger partial charge in [0.2, 0.25) is 0 Å². The molecule has 0 bridgehead atoms. The molecule has 0 N–H and O–H groups in total. The van der Waals surface area contributed by atoms with E-state index in [-0.39, 0.29) is 0 Å². The minimum absolute atomic E-state index is 0.833. The Morgan fingerprint density at radius 3 is 1.48 bits per heavy atom. The number of hydrogen-bond acceptors (Lipinski definition) is 1. The Morgan fingerprint density at radius 2 is 1.10 bits per heavy atom. The van der Waals surface area contributed by atoms with Gasteiger partial charge in [0.25, 0.3) is 0 Å². The van der Waals surface area contributed by atoms with Crippen LogP contribution in [0.2, 0.25) is 0 Å². The number of rotatable bonds is 0. The molecule has 2 aromatic rings. The highest BCUT2D eigenvalue weighted by atomic mass is 32.2. The van der Waals surface area contributed by atoms with E-state index in [0.29, 0.717) is 0 Å². The molecular formula is C14H14BF4NS. The van der Waals surface area contributed by atoms with Gasteiger partial charge in [-0.15, -0.1) is 0 Å². The third-order valence-corrected chi connectivity index (χ3v) is 4.29. The van der Waals surface area contributed by atoms with E-state index >= 15 is 0 Å². The predicted octanol–water partition coefficient (Wildman–Crippen LogP) is 5.35. The molecule has 2 aromatic carbocycles. The number of fused-ring (bicyclic) bond motifs is 2. The lowest BCUT2D eigenvalue weighted by molar-refractivity contribution is 0.368. The first-order valence-electron chi connectivity index (χ1n) is 6.28. The zero-order chi connectivity index (χ0) is 15.7. The van der Waals surface area contributed by atoms with Crippen molar-refractivity contribution in [1.82, 2.24) is 4.48 Å². The monoisotopic (exact) mass is 315 g/mol. The van der Waals surface area contributed by atoms with Crippen LogP contribution < -0.4 is 4.48 Å². The summed E-state index contributed by atoms with van der Waals surface area (Å²) in [5.74, 6) is 0. The van der Waals surface area contributed by atoms with Crippen LogP contribution in [0, 0.1) is 0 Å². The summed E-state index contributed by atoms with van der Waals surface area (Å²) in [6.07, 6.45) is 0. The van der Waals surface area contributed by atoms with E-state index in [1.54, 1.807) is 0 Å². The first-order valence-corrected chi connectivity index (χ1v) is 7.09. The van der Waals surface area contributed by atoms with Crippen molar-refractivity contribution in [2.75, 3.05) is 14.1 Å². The minimum Gasteiger partial charge on any atom is -0.418 e. The highest BCUT2D eigenvalue weighted by molar-refractivity contribution is 7.99. The summed E-state index contributed by atoms with van der Waals surface area (Å²) in [5, 5.41) is 0. The van der Waals surface area contributed by atoms with Crippen LogP contribution in [0.15, 0.2) is 58.3 Å². The molecule has 0 saturated heterocycles. The molecule has 0 atom stereocenters. The molecule has 7 heteroatoms. The zero-order valence-electron chi connectivity index (χ0n) is 11.6. The van der Waals surface area contributed by atoms with Crippen LogP contribution in [0.25, 0.3) is 0 Å².